The van der Waals surface area contributed by atoms with E-state index >= 15 is 0 Å². The number of nitrogens with zero attached hydrogens (tertiary/aromatic N) is 2. The summed E-state index contributed by atoms with van der Waals surface area (Å²) >= 11 is 7.42. The molecule has 2 rings (SSSR count). The van der Waals surface area contributed by atoms with Gasteiger partial charge in [-0.3, -0.25) is 0 Å². The number of aromatic nitrogens is 2. The second-order valence-corrected chi connectivity index (χ2v) is 4.97. The lowest BCUT2D eigenvalue weighted by molar-refractivity contribution is 0.474. The van der Waals surface area contributed by atoms with Crippen LogP contribution in [0.1, 0.15) is 11.5 Å². The van der Waals surface area contributed by atoms with Crippen molar-refractivity contribution in [2.75, 3.05) is 0 Å². The minimum Gasteiger partial charge on any atom is -0.508 e. The molecule has 3 nitrogen and oxygen atoms in total. The molecule has 17 heavy (non-hydrogen) atoms. The SMILES string of the molecule is Cc1cc(Cl)nc(CSc2cccc(O)c2)n1. The lowest BCUT2D eigenvalue weighted by Crippen LogP contribution is -1.95. The fraction of sp³-hybridized carbons (Fsp3) is 0.167. The van der Waals surface area contributed by atoms with E-state index in [1.54, 1.807) is 30.0 Å². The summed E-state index contributed by atoms with van der Waals surface area (Å²) in [6.45, 7) is 1.88. The highest BCUT2D eigenvalue weighted by atomic mass is 35.5. The molecule has 0 aliphatic heterocycles. The number of aryl methyl sites for hydroxylation is 1. The Bertz CT molecular complexity index is 513. The van der Waals surface area contributed by atoms with Gasteiger partial charge in [-0.05, 0) is 31.2 Å². The van der Waals surface area contributed by atoms with Crippen molar-refractivity contribution in [1.29, 1.82) is 0 Å². The Morgan fingerprint density at radius 1 is 1.29 bits per heavy atom. The van der Waals surface area contributed by atoms with E-state index in [1.807, 2.05) is 19.1 Å². The van der Waals surface area contributed by atoms with E-state index in [4.69, 9.17) is 11.6 Å². The summed E-state index contributed by atoms with van der Waals surface area (Å²) in [6, 6.07) is 8.82. The normalized spacial score (nSPS) is 10.5. The van der Waals surface area contributed by atoms with Crippen molar-refractivity contribution in [3.63, 3.8) is 0 Å². The first kappa shape index (κ1) is 12.2. The summed E-state index contributed by atoms with van der Waals surface area (Å²) in [7, 11) is 0. The maximum Gasteiger partial charge on any atom is 0.140 e. The first-order valence-corrected chi connectivity index (χ1v) is 6.42. The highest BCUT2D eigenvalue weighted by Gasteiger charge is 2.02. The Hall–Kier alpha value is -1.26. The third kappa shape index (κ3) is 3.61. The molecule has 0 fully saturated rings. The van der Waals surface area contributed by atoms with Crippen molar-refractivity contribution in [2.45, 2.75) is 17.6 Å². The van der Waals surface area contributed by atoms with Crippen LogP contribution in [-0.2, 0) is 5.75 Å². The van der Waals surface area contributed by atoms with Crippen molar-refractivity contribution in [1.82, 2.24) is 9.97 Å². The van der Waals surface area contributed by atoms with Gasteiger partial charge < -0.3 is 5.11 Å². The maximum atomic E-state index is 9.33. The van der Waals surface area contributed by atoms with E-state index in [-0.39, 0.29) is 5.75 Å². The maximum absolute atomic E-state index is 9.33. The van der Waals surface area contributed by atoms with E-state index in [0.717, 1.165) is 10.6 Å². The minimum atomic E-state index is 0.262. The standard InChI is InChI=1S/C12H11ClN2OS/c1-8-5-11(13)15-12(14-8)7-17-10-4-2-3-9(16)6-10/h2-6,16H,7H2,1H3. The zero-order valence-electron chi connectivity index (χ0n) is 9.22. The van der Waals surface area contributed by atoms with Crippen molar-refractivity contribution >= 4 is 23.4 Å². The van der Waals surface area contributed by atoms with E-state index < -0.39 is 0 Å². The van der Waals surface area contributed by atoms with Crippen molar-refractivity contribution in [3.05, 3.63) is 47.0 Å². The Balaban J connectivity index is 2.07. The summed E-state index contributed by atoms with van der Waals surface area (Å²) in [5, 5.41) is 9.79. The molecule has 2 aromatic rings. The largest absolute Gasteiger partial charge is 0.508 e. The number of phenolic OH excluding ortho intramolecular Hbond substituents is 1. The van der Waals surface area contributed by atoms with Gasteiger partial charge in [-0.25, -0.2) is 9.97 Å². The minimum absolute atomic E-state index is 0.262. The monoisotopic (exact) mass is 266 g/mol. The molecule has 5 heteroatoms. The van der Waals surface area contributed by atoms with Crippen LogP contribution in [0.4, 0.5) is 0 Å². The number of rotatable bonds is 3. The summed E-state index contributed by atoms with van der Waals surface area (Å²) in [6.07, 6.45) is 0. The van der Waals surface area contributed by atoms with Gasteiger partial charge in [0.05, 0.1) is 5.75 Å². The van der Waals surface area contributed by atoms with Crippen LogP contribution in [0, 0.1) is 6.92 Å². The quantitative estimate of drug-likeness (QED) is 0.683. The number of aromatic hydroxyl groups is 1. The van der Waals surface area contributed by atoms with Crippen LogP contribution in [0.5, 0.6) is 5.75 Å². The van der Waals surface area contributed by atoms with Gasteiger partial charge in [0.1, 0.15) is 16.7 Å². The smallest absolute Gasteiger partial charge is 0.140 e. The van der Waals surface area contributed by atoms with E-state index in [1.165, 1.54) is 0 Å². The number of hydrogen-bond donors (Lipinski definition) is 1. The molecular formula is C12H11ClN2OS. The van der Waals surface area contributed by atoms with Gasteiger partial charge in [0.25, 0.3) is 0 Å². The van der Waals surface area contributed by atoms with Crippen LogP contribution in [0.25, 0.3) is 0 Å². The lowest BCUT2D eigenvalue weighted by atomic mass is 10.3. The fourth-order valence-corrected chi connectivity index (χ4v) is 2.43. The topological polar surface area (TPSA) is 46.0 Å². The van der Waals surface area contributed by atoms with Crippen LogP contribution in [0.2, 0.25) is 5.15 Å². The Morgan fingerprint density at radius 3 is 2.82 bits per heavy atom. The summed E-state index contributed by atoms with van der Waals surface area (Å²) in [5.74, 6) is 1.59. The average molecular weight is 267 g/mol. The lowest BCUT2D eigenvalue weighted by Gasteiger charge is -2.03. The molecule has 1 aromatic carbocycles. The molecule has 1 heterocycles. The van der Waals surface area contributed by atoms with Crippen LogP contribution in [0.15, 0.2) is 35.2 Å². The number of thioether (sulfide) groups is 1. The predicted molar refractivity (Wildman–Crippen MR) is 69.4 cm³/mol. The van der Waals surface area contributed by atoms with Gasteiger partial charge in [-0.1, -0.05) is 17.7 Å². The molecule has 88 valence electrons. The Labute approximate surface area is 109 Å². The second-order valence-electron chi connectivity index (χ2n) is 3.53. The van der Waals surface area contributed by atoms with E-state index in [9.17, 15) is 5.11 Å². The Morgan fingerprint density at radius 2 is 2.12 bits per heavy atom. The van der Waals surface area contributed by atoms with Crippen molar-refractivity contribution < 1.29 is 5.11 Å². The first-order valence-electron chi connectivity index (χ1n) is 5.05. The Kier molecular flexibility index (Phi) is 3.86. The van der Waals surface area contributed by atoms with Gasteiger partial charge in [0.2, 0.25) is 0 Å². The summed E-state index contributed by atoms with van der Waals surface area (Å²) in [4.78, 5) is 9.41. The van der Waals surface area contributed by atoms with E-state index in [0.29, 0.717) is 16.7 Å². The van der Waals surface area contributed by atoms with Crippen LogP contribution in [0.3, 0.4) is 0 Å². The number of hydrogen-bond acceptors (Lipinski definition) is 4. The average Bonchev–Trinajstić information content (AvgIpc) is 2.25. The third-order valence-electron chi connectivity index (χ3n) is 2.05. The van der Waals surface area contributed by atoms with E-state index in [2.05, 4.69) is 9.97 Å². The van der Waals surface area contributed by atoms with Gasteiger partial charge in [-0.15, -0.1) is 11.8 Å². The number of halogens is 1. The van der Waals surface area contributed by atoms with Crippen LogP contribution in [-0.4, -0.2) is 15.1 Å². The van der Waals surface area contributed by atoms with Crippen molar-refractivity contribution in [3.8, 4) is 5.75 Å². The molecule has 0 bridgehead atoms. The highest BCUT2D eigenvalue weighted by Crippen LogP contribution is 2.24. The molecule has 0 radical (unpaired) electrons. The molecule has 1 N–H and O–H groups in total. The van der Waals surface area contributed by atoms with Crippen LogP contribution < -0.4 is 0 Å². The first-order chi connectivity index (χ1) is 8.13. The molecule has 0 aliphatic carbocycles. The number of benzene rings is 1. The second kappa shape index (κ2) is 5.38. The number of phenols is 1. The molecule has 0 spiro atoms. The summed E-state index contributed by atoms with van der Waals surface area (Å²) < 4.78 is 0. The zero-order valence-corrected chi connectivity index (χ0v) is 10.8. The molecule has 0 aliphatic rings. The molecule has 0 saturated carbocycles. The van der Waals surface area contributed by atoms with Gasteiger partial charge >= 0.3 is 0 Å². The van der Waals surface area contributed by atoms with Crippen LogP contribution >= 0.6 is 23.4 Å². The molecule has 0 amide bonds. The molecular weight excluding hydrogens is 256 g/mol. The predicted octanol–water partition coefficient (Wildman–Crippen LogP) is 3.44. The third-order valence-corrected chi connectivity index (χ3v) is 3.24. The van der Waals surface area contributed by atoms with Crippen molar-refractivity contribution in [2.24, 2.45) is 0 Å². The zero-order chi connectivity index (χ0) is 12.3. The molecule has 0 unspecified atom stereocenters. The molecule has 0 saturated heterocycles. The fourth-order valence-electron chi connectivity index (χ4n) is 1.37. The van der Waals surface area contributed by atoms with Gasteiger partial charge in [0, 0.05) is 10.6 Å². The molecule has 0 atom stereocenters. The highest BCUT2D eigenvalue weighted by molar-refractivity contribution is 7.98. The van der Waals surface area contributed by atoms with Gasteiger partial charge in [-0.2, -0.15) is 0 Å². The summed E-state index contributed by atoms with van der Waals surface area (Å²) in [5.41, 5.74) is 0.858. The molecule has 1 aromatic heterocycles. The van der Waals surface area contributed by atoms with Gasteiger partial charge in [0.15, 0.2) is 0 Å².